The molecule has 0 aromatic heterocycles. The average molecular weight is 256 g/mol. The van der Waals surface area contributed by atoms with E-state index in [2.05, 4.69) is 46.4 Å². The van der Waals surface area contributed by atoms with Crippen LogP contribution >= 0.6 is 0 Å². The van der Waals surface area contributed by atoms with Crippen LogP contribution in [0.1, 0.15) is 17.2 Å². The predicted molar refractivity (Wildman–Crippen MR) is 76.2 cm³/mol. The van der Waals surface area contributed by atoms with E-state index in [-0.39, 0.29) is 6.04 Å². The number of rotatable bonds is 2. The van der Waals surface area contributed by atoms with E-state index in [1.54, 1.807) is 0 Å². The number of nitriles is 1. The van der Waals surface area contributed by atoms with E-state index in [0.29, 0.717) is 0 Å². The molecule has 0 spiro atoms. The van der Waals surface area contributed by atoms with Gasteiger partial charge >= 0.3 is 0 Å². The molecule has 100 valence electrons. The quantitative estimate of drug-likeness (QED) is 0.862. The molecule has 0 aliphatic carbocycles. The second kappa shape index (κ2) is 5.20. The molecule has 0 saturated carbocycles. The first-order valence-electron chi connectivity index (χ1n) is 6.98. The van der Waals surface area contributed by atoms with Crippen molar-refractivity contribution >= 4 is 5.69 Å². The molecule has 0 bridgehead atoms. The van der Waals surface area contributed by atoms with Crippen LogP contribution in [-0.4, -0.2) is 44.7 Å². The lowest BCUT2D eigenvalue weighted by Gasteiger charge is -2.31. The van der Waals surface area contributed by atoms with Gasteiger partial charge in [0.25, 0.3) is 0 Å². The fourth-order valence-electron chi connectivity index (χ4n) is 3.06. The second-order valence-corrected chi connectivity index (χ2v) is 5.38. The summed E-state index contributed by atoms with van der Waals surface area (Å²) in [5, 5.41) is 12.8. The molecular formula is C15H20N4. The van der Waals surface area contributed by atoms with Gasteiger partial charge in [-0.25, -0.2) is 0 Å². The molecule has 1 aromatic carbocycles. The fraction of sp³-hybridized carbons (Fsp3) is 0.533. The summed E-state index contributed by atoms with van der Waals surface area (Å²) in [6, 6.07) is 8.90. The molecule has 1 atom stereocenters. The van der Waals surface area contributed by atoms with Crippen molar-refractivity contribution in [1.29, 1.82) is 5.26 Å². The lowest BCUT2D eigenvalue weighted by atomic mass is 10.0. The van der Waals surface area contributed by atoms with E-state index in [1.165, 1.54) is 11.3 Å². The highest BCUT2D eigenvalue weighted by atomic mass is 15.2. The number of anilines is 1. The molecule has 1 unspecified atom stereocenters. The Morgan fingerprint density at radius 1 is 1.26 bits per heavy atom. The Balaban J connectivity index is 1.86. The highest BCUT2D eigenvalue weighted by molar-refractivity contribution is 5.59. The van der Waals surface area contributed by atoms with Crippen LogP contribution in [0, 0.1) is 11.3 Å². The van der Waals surface area contributed by atoms with Crippen LogP contribution < -0.4 is 10.2 Å². The van der Waals surface area contributed by atoms with Crippen LogP contribution in [0.5, 0.6) is 0 Å². The van der Waals surface area contributed by atoms with Crippen molar-refractivity contribution in [3.05, 3.63) is 29.3 Å². The molecule has 4 nitrogen and oxygen atoms in total. The maximum Gasteiger partial charge on any atom is 0.123 e. The number of benzene rings is 1. The van der Waals surface area contributed by atoms with Gasteiger partial charge in [-0.15, -0.1) is 0 Å². The maximum absolute atomic E-state index is 9.51. The Labute approximate surface area is 114 Å². The van der Waals surface area contributed by atoms with Crippen molar-refractivity contribution in [1.82, 2.24) is 10.2 Å². The Hall–Kier alpha value is -1.57. The van der Waals surface area contributed by atoms with Gasteiger partial charge < -0.3 is 10.2 Å². The summed E-state index contributed by atoms with van der Waals surface area (Å²) in [5.74, 6) is 0. The molecular weight excluding hydrogens is 236 g/mol. The Kier molecular flexibility index (Phi) is 3.41. The van der Waals surface area contributed by atoms with Gasteiger partial charge in [0.05, 0.1) is 6.07 Å². The zero-order chi connectivity index (χ0) is 13.2. The SMILES string of the molecule is CN1CCc2cc(C(C#N)N3CCNCC3)ccc21. The topological polar surface area (TPSA) is 42.3 Å². The van der Waals surface area contributed by atoms with Crippen LogP contribution in [0.25, 0.3) is 0 Å². The number of hydrogen-bond donors (Lipinski definition) is 1. The predicted octanol–water partition coefficient (Wildman–Crippen LogP) is 1.15. The van der Waals surface area contributed by atoms with Gasteiger partial charge in [0.1, 0.15) is 6.04 Å². The fourth-order valence-corrected chi connectivity index (χ4v) is 3.06. The van der Waals surface area contributed by atoms with Crippen molar-refractivity contribution in [2.24, 2.45) is 0 Å². The van der Waals surface area contributed by atoms with Crippen molar-refractivity contribution in [2.75, 3.05) is 44.7 Å². The number of hydrogen-bond acceptors (Lipinski definition) is 4. The summed E-state index contributed by atoms with van der Waals surface area (Å²) in [6.07, 6.45) is 1.10. The second-order valence-electron chi connectivity index (χ2n) is 5.38. The minimum atomic E-state index is -0.0988. The first-order chi connectivity index (χ1) is 9.29. The molecule has 1 fully saturated rings. The van der Waals surface area contributed by atoms with Crippen LogP contribution in [0.3, 0.4) is 0 Å². The number of nitrogens with zero attached hydrogens (tertiary/aromatic N) is 3. The summed E-state index contributed by atoms with van der Waals surface area (Å²) in [5.41, 5.74) is 3.86. The zero-order valence-corrected chi connectivity index (χ0v) is 11.4. The molecule has 1 N–H and O–H groups in total. The highest BCUT2D eigenvalue weighted by Crippen LogP contribution is 2.30. The van der Waals surface area contributed by atoms with Crippen LogP contribution in [-0.2, 0) is 6.42 Å². The van der Waals surface area contributed by atoms with E-state index in [4.69, 9.17) is 0 Å². The van der Waals surface area contributed by atoms with E-state index in [0.717, 1.165) is 44.7 Å². The first-order valence-corrected chi connectivity index (χ1v) is 6.98. The minimum Gasteiger partial charge on any atom is -0.374 e. The largest absolute Gasteiger partial charge is 0.374 e. The van der Waals surface area contributed by atoms with E-state index < -0.39 is 0 Å². The average Bonchev–Trinajstić information content (AvgIpc) is 2.82. The van der Waals surface area contributed by atoms with Crippen LogP contribution in [0.15, 0.2) is 18.2 Å². The molecule has 3 rings (SSSR count). The summed E-state index contributed by atoms with van der Waals surface area (Å²) >= 11 is 0. The van der Waals surface area contributed by atoms with Crippen LogP contribution in [0.4, 0.5) is 5.69 Å². The van der Waals surface area contributed by atoms with Crippen LogP contribution in [0.2, 0.25) is 0 Å². The standard InChI is InChI=1S/C15H20N4/c1-18-7-4-13-10-12(2-3-14(13)18)15(11-16)19-8-5-17-6-9-19/h2-3,10,15,17H,4-9H2,1H3. The van der Waals surface area contributed by atoms with Crippen molar-refractivity contribution in [2.45, 2.75) is 12.5 Å². The summed E-state index contributed by atoms with van der Waals surface area (Å²) in [4.78, 5) is 4.56. The van der Waals surface area contributed by atoms with E-state index in [9.17, 15) is 5.26 Å². The maximum atomic E-state index is 9.51. The van der Waals surface area contributed by atoms with Gasteiger partial charge in [-0.05, 0) is 23.6 Å². The zero-order valence-electron chi connectivity index (χ0n) is 11.4. The number of fused-ring (bicyclic) bond motifs is 1. The first kappa shape index (κ1) is 12.5. The van der Waals surface area contributed by atoms with Crippen molar-refractivity contribution in [3.8, 4) is 6.07 Å². The molecule has 0 amide bonds. The Bertz CT molecular complexity index is 499. The van der Waals surface area contributed by atoms with Crippen molar-refractivity contribution < 1.29 is 0 Å². The summed E-state index contributed by atoms with van der Waals surface area (Å²) < 4.78 is 0. The molecule has 1 aromatic rings. The number of piperazine rings is 1. The lowest BCUT2D eigenvalue weighted by molar-refractivity contribution is 0.207. The van der Waals surface area contributed by atoms with Crippen molar-refractivity contribution in [3.63, 3.8) is 0 Å². The molecule has 4 heteroatoms. The van der Waals surface area contributed by atoms with Gasteiger partial charge in [-0.2, -0.15) is 5.26 Å². The summed E-state index contributed by atoms with van der Waals surface area (Å²) in [7, 11) is 2.13. The van der Waals surface area contributed by atoms with Gasteiger partial charge in [0.15, 0.2) is 0 Å². The third-order valence-corrected chi connectivity index (χ3v) is 4.19. The molecule has 2 aliphatic heterocycles. The Morgan fingerprint density at radius 2 is 2.05 bits per heavy atom. The molecule has 2 aliphatic rings. The highest BCUT2D eigenvalue weighted by Gasteiger charge is 2.24. The minimum absolute atomic E-state index is 0.0988. The van der Waals surface area contributed by atoms with Gasteiger partial charge in [-0.3, -0.25) is 4.90 Å². The molecule has 19 heavy (non-hydrogen) atoms. The van der Waals surface area contributed by atoms with Gasteiger partial charge in [0.2, 0.25) is 0 Å². The summed E-state index contributed by atoms with van der Waals surface area (Å²) in [6.45, 7) is 4.95. The van der Waals surface area contributed by atoms with Gasteiger partial charge in [-0.1, -0.05) is 12.1 Å². The molecule has 0 radical (unpaired) electrons. The normalized spacial score (nSPS) is 20.9. The lowest BCUT2D eigenvalue weighted by Crippen LogP contribution is -2.44. The number of nitrogens with one attached hydrogen (secondary N) is 1. The van der Waals surface area contributed by atoms with E-state index in [1.807, 2.05) is 0 Å². The van der Waals surface area contributed by atoms with Gasteiger partial charge in [0, 0.05) is 45.5 Å². The monoisotopic (exact) mass is 256 g/mol. The smallest absolute Gasteiger partial charge is 0.123 e. The number of likely N-dealkylation sites (N-methyl/N-ethyl adjacent to an activating group) is 1. The van der Waals surface area contributed by atoms with E-state index >= 15 is 0 Å². The third kappa shape index (κ3) is 2.32. The molecule has 1 saturated heterocycles. The third-order valence-electron chi connectivity index (χ3n) is 4.19. The molecule has 2 heterocycles. The Morgan fingerprint density at radius 3 is 2.79 bits per heavy atom.